The van der Waals surface area contributed by atoms with Gasteiger partial charge in [-0.1, -0.05) is 38.0 Å². The number of nitrogens with zero attached hydrogens (tertiary/aromatic N) is 2. The molecule has 0 saturated heterocycles. The Kier molecular flexibility index (Phi) is 6.26. The van der Waals surface area contributed by atoms with Gasteiger partial charge in [-0.2, -0.15) is 0 Å². The third-order valence-electron chi connectivity index (χ3n) is 7.95. The minimum Gasteiger partial charge on any atom is -0.493 e. The maximum Gasteiger partial charge on any atom is 0.261 e. The lowest BCUT2D eigenvalue weighted by Gasteiger charge is -2.42. The molecule has 2 aromatic carbocycles. The standard InChI is InChI=1S/C28H32N2O5/c1-17-8-4-5-9-19(17)26(31)29-15-14-18-12-13-23(34-2)25(35-3)24(18)22(29)16-30-27(32)20-10-6-7-11-21(20)28(30)33/h6-7,10-13,17,19,22H,4-5,8-9,14-16H2,1-3H3. The molecule has 0 bridgehead atoms. The van der Waals surface area contributed by atoms with E-state index in [-0.39, 0.29) is 30.2 Å². The highest BCUT2D eigenvalue weighted by Crippen LogP contribution is 2.44. The summed E-state index contributed by atoms with van der Waals surface area (Å²) in [6.07, 6.45) is 4.79. The molecule has 7 heteroatoms. The Morgan fingerprint density at radius 1 is 0.971 bits per heavy atom. The number of rotatable bonds is 5. The summed E-state index contributed by atoms with van der Waals surface area (Å²) in [4.78, 5) is 43.6. The Balaban J connectivity index is 1.57. The van der Waals surface area contributed by atoms with Crippen LogP contribution in [0.2, 0.25) is 0 Å². The molecule has 2 aromatic rings. The number of hydrogen-bond donors (Lipinski definition) is 0. The third kappa shape index (κ3) is 3.87. The van der Waals surface area contributed by atoms with Crippen molar-refractivity contribution in [2.75, 3.05) is 27.3 Å². The summed E-state index contributed by atoms with van der Waals surface area (Å²) in [7, 11) is 3.17. The third-order valence-corrected chi connectivity index (χ3v) is 7.95. The summed E-state index contributed by atoms with van der Waals surface area (Å²) in [5.74, 6) is 0.849. The van der Waals surface area contributed by atoms with Gasteiger partial charge < -0.3 is 14.4 Å². The van der Waals surface area contributed by atoms with Gasteiger partial charge in [-0.25, -0.2) is 0 Å². The number of amides is 3. The first-order valence-electron chi connectivity index (χ1n) is 12.5. The first-order valence-corrected chi connectivity index (χ1v) is 12.5. The van der Waals surface area contributed by atoms with Crippen LogP contribution in [0.15, 0.2) is 36.4 Å². The van der Waals surface area contributed by atoms with Gasteiger partial charge in [0, 0.05) is 18.0 Å². The van der Waals surface area contributed by atoms with Gasteiger partial charge in [0.15, 0.2) is 11.5 Å². The van der Waals surface area contributed by atoms with Crippen molar-refractivity contribution in [2.45, 2.75) is 45.1 Å². The number of carbonyl (C=O) groups excluding carboxylic acids is 3. The van der Waals surface area contributed by atoms with Crippen LogP contribution in [0.1, 0.15) is 70.5 Å². The number of imide groups is 1. The summed E-state index contributed by atoms with van der Waals surface area (Å²) in [6, 6.07) is 10.2. The summed E-state index contributed by atoms with van der Waals surface area (Å²) in [5, 5.41) is 0. The van der Waals surface area contributed by atoms with Gasteiger partial charge in [-0.05, 0) is 48.9 Å². The number of methoxy groups -OCH3 is 2. The molecule has 0 spiro atoms. The highest BCUT2D eigenvalue weighted by atomic mass is 16.5. The van der Waals surface area contributed by atoms with Crippen molar-refractivity contribution in [1.29, 1.82) is 0 Å². The molecule has 2 aliphatic heterocycles. The SMILES string of the molecule is COc1ccc2c(c1OC)C(CN1C(=O)c3ccccc3C1=O)N(C(=O)C1CCCCC1C)CC2. The Bertz CT molecular complexity index is 1140. The van der Waals surface area contributed by atoms with E-state index < -0.39 is 6.04 Å². The fraction of sp³-hybridized carbons (Fsp3) is 0.464. The lowest BCUT2D eigenvalue weighted by atomic mass is 9.78. The lowest BCUT2D eigenvalue weighted by Crippen LogP contribution is -2.49. The molecule has 3 unspecified atom stereocenters. The molecule has 184 valence electrons. The highest BCUT2D eigenvalue weighted by molar-refractivity contribution is 6.21. The van der Waals surface area contributed by atoms with E-state index in [9.17, 15) is 14.4 Å². The zero-order valence-electron chi connectivity index (χ0n) is 20.6. The van der Waals surface area contributed by atoms with Crippen molar-refractivity contribution >= 4 is 17.7 Å². The highest BCUT2D eigenvalue weighted by Gasteiger charge is 2.43. The van der Waals surface area contributed by atoms with Crippen LogP contribution in [-0.2, 0) is 11.2 Å². The molecule has 1 fully saturated rings. The van der Waals surface area contributed by atoms with E-state index in [1.54, 1.807) is 38.5 Å². The van der Waals surface area contributed by atoms with Crippen molar-refractivity contribution in [3.8, 4) is 11.5 Å². The zero-order valence-corrected chi connectivity index (χ0v) is 20.6. The number of fused-ring (bicyclic) bond motifs is 2. The predicted molar refractivity (Wildman–Crippen MR) is 131 cm³/mol. The van der Waals surface area contributed by atoms with Crippen LogP contribution in [0, 0.1) is 11.8 Å². The largest absolute Gasteiger partial charge is 0.493 e. The second-order valence-corrected chi connectivity index (χ2v) is 9.81. The fourth-order valence-electron chi connectivity index (χ4n) is 6.06. The first-order chi connectivity index (χ1) is 17.0. The van der Waals surface area contributed by atoms with E-state index in [4.69, 9.17) is 9.47 Å². The predicted octanol–water partition coefficient (Wildman–Crippen LogP) is 4.25. The van der Waals surface area contributed by atoms with Crippen LogP contribution in [0.3, 0.4) is 0 Å². The topological polar surface area (TPSA) is 76.2 Å². The van der Waals surface area contributed by atoms with Gasteiger partial charge in [0.2, 0.25) is 5.91 Å². The number of hydrogen-bond acceptors (Lipinski definition) is 5. The van der Waals surface area contributed by atoms with Crippen molar-refractivity contribution in [3.05, 3.63) is 58.7 Å². The minimum absolute atomic E-state index is 0.0495. The molecular weight excluding hydrogens is 444 g/mol. The van der Waals surface area contributed by atoms with Crippen LogP contribution < -0.4 is 9.47 Å². The van der Waals surface area contributed by atoms with Gasteiger partial charge in [0.05, 0.1) is 37.9 Å². The van der Waals surface area contributed by atoms with E-state index in [0.717, 1.165) is 36.8 Å². The van der Waals surface area contributed by atoms with Crippen molar-refractivity contribution in [3.63, 3.8) is 0 Å². The molecule has 7 nitrogen and oxygen atoms in total. The summed E-state index contributed by atoms with van der Waals surface area (Å²) in [6.45, 7) is 2.77. The maximum absolute atomic E-state index is 14.0. The van der Waals surface area contributed by atoms with E-state index in [1.165, 1.54) is 4.90 Å². The summed E-state index contributed by atoms with van der Waals surface area (Å²) < 4.78 is 11.4. The Morgan fingerprint density at radius 3 is 2.29 bits per heavy atom. The van der Waals surface area contributed by atoms with Gasteiger partial charge in [0.25, 0.3) is 11.8 Å². The van der Waals surface area contributed by atoms with E-state index in [0.29, 0.717) is 41.5 Å². The smallest absolute Gasteiger partial charge is 0.261 e. The van der Waals surface area contributed by atoms with Crippen LogP contribution in [0.5, 0.6) is 11.5 Å². The second-order valence-electron chi connectivity index (χ2n) is 9.81. The second kappa shape index (κ2) is 9.36. The Labute approximate surface area is 206 Å². The lowest BCUT2D eigenvalue weighted by molar-refractivity contribution is -0.141. The number of benzene rings is 2. The Morgan fingerprint density at radius 2 is 1.66 bits per heavy atom. The van der Waals surface area contributed by atoms with Gasteiger partial charge in [-0.15, -0.1) is 0 Å². The maximum atomic E-state index is 14.0. The molecule has 2 heterocycles. The molecule has 35 heavy (non-hydrogen) atoms. The number of carbonyl (C=O) groups is 3. The summed E-state index contributed by atoms with van der Waals surface area (Å²) in [5.41, 5.74) is 2.69. The molecular formula is C28H32N2O5. The van der Waals surface area contributed by atoms with Crippen LogP contribution in [0.25, 0.3) is 0 Å². The minimum atomic E-state index is -0.507. The molecule has 0 N–H and O–H groups in total. The quantitative estimate of drug-likeness (QED) is 0.603. The molecule has 3 atom stereocenters. The molecule has 3 aliphatic rings. The average Bonchev–Trinajstić information content (AvgIpc) is 3.12. The first kappa shape index (κ1) is 23.4. The fourth-order valence-corrected chi connectivity index (χ4v) is 6.06. The molecule has 3 amide bonds. The van der Waals surface area contributed by atoms with Gasteiger partial charge in [-0.3, -0.25) is 19.3 Å². The normalized spacial score (nSPS) is 23.7. The number of ether oxygens (including phenoxy) is 2. The molecule has 0 radical (unpaired) electrons. The van der Waals surface area contributed by atoms with Gasteiger partial charge in [0.1, 0.15) is 0 Å². The zero-order chi connectivity index (χ0) is 24.7. The molecule has 0 aromatic heterocycles. The molecule has 1 aliphatic carbocycles. The molecule has 1 saturated carbocycles. The van der Waals surface area contributed by atoms with Crippen LogP contribution in [-0.4, -0.2) is 54.8 Å². The van der Waals surface area contributed by atoms with Crippen molar-refractivity contribution < 1.29 is 23.9 Å². The van der Waals surface area contributed by atoms with Crippen molar-refractivity contribution in [2.24, 2.45) is 11.8 Å². The van der Waals surface area contributed by atoms with Gasteiger partial charge >= 0.3 is 0 Å². The monoisotopic (exact) mass is 476 g/mol. The van der Waals surface area contributed by atoms with E-state index in [2.05, 4.69) is 6.92 Å². The van der Waals surface area contributed by atoms with Crippen LogP contribution in [0.4, 0.5) is 0 Å². The average molecular weight is 477 g/mol. The van der Waals surface area contributed by atoms with Crippen molar-refractivity contribution in [1.82, 2.24) is 9.80 Å². The van der Waals surface area contributed by atoms with E-state index in [1.807, 2.05) is 17.0 Å². The van der Waals surface area contributed by atoms with E-state index >= 15 is 0 Å². The molecule has 5 rings (SSSR count). The summed E-state index contributed by atoms with van der Waals surface area (Å²) >= 11 is 0. The van der Waals surface area contributed by atoms with Crippen LogP contribution >= 0.6 is 0 Å². The Hall–Kier alpha value is -3.35.